The molecule has 0 aliphatic heterocycles. The van der Waals surface area contributed by atoms with Crippen LogP contribution in [0.25, 0.3) is 0 Å². The van der Waals surface area contributed by atoms with Crippen LogP contribution in [0.5, 0.6) is 5.75 Å². The van der Waals surface area contributed by atoms with E-state index in [-0.39, 0.29) is 0 Å². The first-order valence-electron chi connectivity index (χ1n) is 6.72. The Morgan fingerprint density at radius 3 is 2.61 bits per heavy atom. The average Bonchev–Trinajstić information content (AvgIpc) is 2.37. The molecule has 1 aromatic carbocycles. The summed E-state index contributed by atoms with van der Waals surface area (Å²) >= 11 is 0. The van der Waals surface area contributed by atoms with E-state index in [1.54, 1.807) is 0 Å². The van der Waals surface area contributed by atoms with Gasteiger partial charge in [-0.15, -0.1) is 0 Å². The summed E-state index contributed by atoms with van der Waals surface area (Å²) in [6.45, 7) is 7.82. The Morgan fingerprint density at radius 1 is 1.22 bits per heavy atom. The van der Waals surface area contributed by atoms with Crippen LogP contribution in [0.2, 0.25) is 0 Å². The molecule has 1 rings (SSSR count). The second-order valence-electron chi connectivity index (χ2n) is 5.15. The monoisotopic (exact) mass is 250 g/mol. The Hall–Kier alpha value is -1.06. The lowest BCUT2D eigenvalue weighted by Gasteiger charge is -2.18. The van der Waals surface area contributed by atoms with Gasteiger partial charge in [0.1, 0.15) is 12.4 Å². The number of rotatable bonds is 8. The zero-order valence-corrected chi connectivity index (χ0v) is 11.9. The molecule has 102 valence electrons. The van der Waals surface area contributed by atoms with Crippen LogP contribution in [-0.4, -0.2) is 31.6 Å². The van der Waals surface area contributed by atoms with Gasteiger partial charge in [0.05, 0.1) is 0 Å². The van der Waals surface area contributed by atoms with Crippen LogP contribution in [0.3, 0.4) is 0 Å². The lowest BCUT2D eigenvalue weighted by atomic mass is 10.1. The minimum absolute atomic E-state index is 0.527. The number of para-hydroxylation sites is 1. The highest BCUT2D eigenvalue weighted by molar-refractivity contribution is 5.32. The predicted octanol–water partition coefficient (Wildman–Crippen LogP) is 2.50. The first-order chi connectivity index (χ1) is 8.63. The van der Waals surface area contributed by atoms with E-state index in [9.17, 15) is 0 Å². The Kier molecular flexibility index (Phi) is 6.76. The highest BCUT2D eigenvalue weighted by atomic mass is 16.5. The van der Waals surface area contributed by atoms with E-state index in [1.807, 2.05) is 24.3 Å². The summed E-state index contributed by atoms with van der Waals surface area (Å²) in [7, 11) is 2.14. The zero-order valence-electron chi connectivity index (χ0n) is 11.9. The van der Waals surface area contributed by atoms with E-state index in [0.29, 0.717) is 13.2 Å². The fourth-order valence-electron chi connectivity index (χ4n) is 1.72. The van der Waals surface area contributed by atoms with Crippen LogP contribution in [0.15, 0.2) is 24.3 Å². The van der Waals surface area contributed by atoms with Crippen molar-refractivity contribution >= 4 is 0 Å². The molecular formula is C15H26N2O. The summed E-state index contributed by atoms with van der Waals surface area (Å²) in [4.78, 5) is 2.31. The highest BCUT2D eigenvalue weighted by Crippen LogP contribution is 2.16. The first-order valence-corrected chi connectivity index (χ1v) is 6.72. The van der Waals surface area contributed by atoms with Crippen LogP contribution in [0.4, 0.5) is 0 Å². The van der Waals surface area contributed by atoms with Crippen molar-refractivity contribution in [1.82, 2.24) is 4.90 Å². The van der Waals surface area contributed by atoms with Crippen molar-refractivity contribution in [2.24, 2.45) is 11.7 Å². The van der Waals surface area contributed by atoms with E-state index in [4.69, 9.17) is 10.5 Å². The molecule has 18 heavy (non-hydrogen) atoms. The molecule has 0 spiro atoms. The Bertz CT molecular complexity index is 339. The van der Waals surface area contributed by atoms with Gasteiger partial charge in [-0.25, -0.2) is 0 Å². The van der Waals surface area contributed by atoms with Crippen LogP contribution in [0.1, 0.15) is 25.8 Å². The molecule has 0 saturated carbocycles. The van der Waals surface area contributed by atoms with Gasteiger partial charge in [-0.2, -0.15) is 0 Å². The van der Waals surface area contributed by atoms with Crippen molar-refractivity contribution in [1.29, 1.82) is 0 Å². The Morgan fingerprint density at radius 2 is 1.94 bits per heavy atom. The summed E-state index contributed by atoms with van der Waals surface area (Å²) in [6.07, 6.45) is 1.23. The normalized spacial score (nSPS) is 11.2. The fourth-order valence-corrected chi connectivity index (χ4v) is 1.72. The quantitative estimate of drug-likeness (QED) is 0.770. The molecule has 0 bridgehead atoms. The molecule has 3 nitrogen and oxygen atoms in total. The van der Waals surface area contributed by atoms with Crippen molar-refractivity contribution in [2.45, 2.75) is 26.8 Å². The van der Waals surface area contributed by atoms with Gasteiger partial charge in [-0.05, 0) is 32.0 Å². The van der Waals surface area contributed by atoms with Crippen LogP contribution >= 0.6 is 0 Å². The maximum atomic E-state index is 5.78. The summed E-state index contributed by atoms with van der Waals surface area (Å²) in [6, 6.07) is 7.97. The molecule has 3 heteroatoms. The van der Waals surface area contributed by atoms with Crippen molar-refractivity contribution in [2.75, 3.05) is 26.7 Å². The second-order valence-corrected chi connectivity index (χ2v) is 5.15. The van der Waals surface area contributed by atoms with E-state index in [0.717, 1.165) is 30.3 Å². The van der Waals surface area contributed by atoms with Gasteiger partial charge >= 0.3 is 0 Å². The number of hydrogen-bond donors (Lipinski definition) is 1. The van der Waals surface area contributed by atoms with Crippen LogP contribution in [0, 0.1) is 5.92 Å². The molecule has 0 heterocycles. The largest absolute Gasteiger partial charge is 0.492 e. The van der Waals surface area contributed by atoms with Crippen molar-refractivity contribution in [3.8, 4) is 5.75 Å². The third kappa shape index (κ3) is 5.52. The van der Waals surface area contributed by atoms with Crippen LogP contribution in [-0.2, 0) is 6.54 Å². The molecule has 2 N–H and O–H groups in total. The van der Waals surface area contributed by atoms with Gasteiger partial charge in [-0.3, -0.25) is 0 Å². The maximum absolute atomic E-state index is 5.78. The molecule has 0 amide bonds. The van der Waals surface area contributed by atoms with Gasteiger partial charge in [-0.1, -0.05) is 32.0 Å². The predicted molar refractivity (Wildman–Crippen MR) is 76.8 cm³/mol. The molecule has 1 aromatic rings. The van der Waals surface area contributed by atoms with E-state index in [2.05, 4.69) is 25.8 Å². The van der Waals surface area contributed by atoms with Gasteiger partial charge < -0.3 is 15.4 Å². The van der Waals surface area contributed by atoms with E-state index >= 15 is 0 Å². The molecule has 0 atom stereocenters. The summed E-state index contributed by atoms with van der Waals surface area (Å²) in [5.41, 5.74) is 6.74. The van der Waals surface area contributed by atoms with Gasteiger partial charge in [0.25, 0.3) is 0 Å². The molecule has 0 unspecified atom stereocenters. The number of ether oxygens (including phenoxy) is 1. The third-order valence-electron chi connectivity index (χ3n) is 3.01. The van der Waals surface area contributed by atoms with Crippen molar-refractivity contribution in [3.05, 3.63) is 29.8 Å². The minimum Gasteiger partial charge on any atom is -0.492 e. The topological polar surface area (TPSA) is 38.5 Å². The summed E-state index contributed by atoms with van der Waals surface area (Å²) < 4.78 is 5.78. The number of nitrogens with two attached hydrogens (primary N) is 1. The Labute approximate surface area is 111 Å². The van der Waals surface area contributed by atoms with Crippen LogP contribution < -0.4 is 10.5 Å². The second kappa shape index (κ2) is 8.11. The molecule has 0 fully saturated rings. The molecule has 0 radical (unpaired) electrons. The molecule has 0 aromatic heterocycles. The molecular weight excluding hydrogens is 224 g/mol. The standard InChI is InChI=1S/C15H26N2O/c1-13(2)8-9-17(3)10-11-18-15-7-5-4-6-14(15)12-16/h4-7,13H,8-12,16H2,1-3H3. The SMILES string of the molecule is CC(C)CCN(C)CCOc1ccccc1CN. The zero-order chi connectivity index (χ0) is 13.4. The fraction of sp³-hybridized carbons (Fsp3) is 0.600. The number of hydrogen-bond acceptors (Lipinski definition) is 3. The smallest absolute Gasteiger partial charge is 0.123 e. The average molecular weight is 250 g/mol. The maximum Gasteiger partial charge on any atom is 0.123 e. The molecule has 0 aliphatic carbocycles. The number of likely N-dealkylation sites (N-methyl/N-ethyl adjacent to an activating group) is 1. The molecule has 0 aliphatic rings. The van der Waals surface area contributed by atoms with E-state index in [1.165, 1.54) is 6.42 Å². The Balaban J connectivity index is 2.28. The number of nitrogens with zero attached hydrogens (tertiary/aromatic N) is 1. The lowest BCUT2D eigenvalue weighted by Crippen LogP contribution is -2.26. The first kappa shape index (κ1) is 15.0. The van der Waals surface area contributed by atoms with Gasteiger partial charge in [0, 0.05) is 18.7 Å². The minimum atomic E-state index is 0.527. The summed E-state index contributed by atoms with van der Waals surface area (Å²) in [5.74, 6) is 1.67. The van der Waals surface area contributed by atoms with Crippen molar-refractivity contribution < 1.29 is 4.74 Å². The molecule has 0 saturated heterocycles. The lowest BCUT2D eigenvalue weighted by molar-refractivity contribution is 0.229. The summed E-state index contributed by atoms with van der Waals surface area (Å²) in [5, 5.41) is 0. The highest BCUT2D eigenvalue weighted by Gasteiger charge is 2.03. The van der Waals surface area contributed by atoms with E-state index < -0.39 is 0 Å². The third-order valence-corrected chi connectivity index (χ3v) is 3.01. The van der Waals surface area contributed by atoms with Gasteiger partial charge in [0.2, 0.25) is 0 Å². The van der Waals surface area contributed by atoms with Crippen molar-refractivity contribution in [3.63, 3.8) is 0 Å². The van der Waals surface area contributed by atoms with Gasteiger partial charge in [0.15, 0.2) is 0 Å². The number of benzene rings is 1.